The number of carboxylic acids is 1. The van der Waals surface area contributed by atoms with E-state index in [-0.39, 0.29) is 29.8 Å². The Labute approximate surface area is 111 Å². The quantitative estimate of drug-likeness (QED) is 0.773. The summed E-state index contributed by atoms with van der Waals surface area (Å²) in [4.78, 5) is 14.5. The zero-order chi connectivity index (χ0) is 14.5. The van der Waals surface area contributed by atoms with Crippen molar-refractivity contribution in [1.82, 2.24) is 4.98 Å². The van der Waals surface area contributed by atoms with Gasteiger partial charge in [0, 0.05) is 6.20 Å². The molecule has 1 rings (SSSR count). The predicted molar refractivity (Wildman–Crippen MR) is 69.7 cm³/mol. The third-order valence-corrected chi connectivity index (χ3v) is 3.31. The van der Waals surface area contributed by atoms with E-state index in [1.165, 1.54) is 18.3 Å². The van der Waals surface area contributed by atoms with Gasteiger partial charge in [-0.3, -0.25) is 4.72 Å². The lowest BCUT2D eigenvalue weighted by Crippen LogP contribution is -2.23. The molecule has 0 aromatic carbocycles. The van der Waals surface area contributed by atoms with E-state index in [2.05, 4.69) is 9.71 Å². The number of ether oxygens (including phenoxy) is 1. The van der Waals surface area contributed by atoms with Crippen LogP contribution in [0.15, 0.2) is 18.3 Å². The number of carboxylic acid groups (broad SMARTS) is 1. The van der Waals surface area contributed by atoms with Gasteiger partial charge in [-0.1, -0.05) is 0 Å². The Balaban J connectivity index is 2.76. The molecule has 0 aliphatic heterocycles. The second kappa shape index (κ2) is 6.48. The van der Waals surface area contributed by atoms with Gasteiger partial charge in [-0.25, -0.2) is 18.2 Å². The summed E-state index contributed by atoms with van der Waals surface area (Å²) in [6.07, 6.45) is 1.21. The van der Waals surface area contributed by atoms with E-state index in [0.29, 0.717) is 0 Å². The molecule has 1 aromatic rings. The Kier molecular flexibility index (Phi) is 5.25. The molecule has 0 spiro atoms. The van der Waals surface area contributed by atoms with Gasteiger partial charge in [0.15, 0.2) is 5.69 Å². The Morgan fingerprint density at radius 3 is 2.79 bits per heavy atom. The average Bonchev–Trinajstić information content (AvgIpc) is 2.27. The molecule has 19 heavy (non-hydrogen) atoms. The van der Waals surface area contributed by atoms with Gasteiger partial charge in [0.05, 0.1) is 24.2 Å². The number of anilines is 1. The molecular formula is C11H16N2O5S. The van der Waals surface area contributed by atoms with Crippen LogP contribution in [-0.4, -0.2) is 42.9 Å². The van der Waals surface area contributed by atoms with Crippen LogP contribution in [0, 0.1) is 0 Å². The lowest BCUT2D eigenvalue weighted by molar-refractivity contribution is 0.0691. The maximum Gasteiger partial charge on any atom is 0.356 e. The van der Waals surface area contributed by atoms with Crippen LogP contribution in [0.2, 0.25) is 0 Å². The minimum atomic E-state index is -3.66. The van der Waals surface area contributed by atoms with Crippen LogP contribution >= 0.6 is 0 Å². The van der Waals surface area contributed by atoms with Crippen molar-refractivity contribution in [3.05, 3.63) is 24.0 Å². The monoisotopic (exact) mass is 288 g/mol. The van der Waals surface area contributed by atoms with Gasteiger partial charge >= 0.3 is 5.97 Å². The molecule has 0 aliphatic rings. The number of aromatic carboxylic acids is 1. The van der Waals surface area contributed by atoms with Crippen molar-refractivity contribution in [3.63, 3.8) is 0 Å². The number of carbonyl (C=O) groups is 1. The zero-order valence-corrected chi connectivity index (χ0v) is 11.5. The van der Waals surface area contributed by atoms with Gasteiger partial charge in [0.1, 0.15) is 0 Å². The molecule has 7 nitrogen and oxygen atoms in total. The highest BCUT2D eigenvalue weighted by molar-refractivity contribution is 7.92. The lowest BCUT2D eigenvalue weighted by Gasteiger charge is -2.11. The maximum absolute atomic E-state index is 11.7. The third kappa shape index (κ3) is 5.23. The molecule has 0 bridgehead atoms. The van der Waals surface area contributed by atoms with E-state index in [1.54, 1.807) is 13.8 Å². The third-order valence-electron chi connectivity index (χ3n) is 2.08. The summed E-state index contributed by atoms with van der Waals surface area (Å²) in [6, 6.07) is 2.80. The first-order chi connectivity index (χ1) is 8.82. The van der Waals surface area contributed by atoms with Crippen LogP contribution in [0.1, 0.15) is 24.3 Å². The van der Waals surface area contributed by atoms with Crippen LogP contribution in [0.5, 0.6) is 0 Å². The van der Waals surface area contributed by atoms with Crippen molar-refractivity contribution < 1.29 is 23.1 Å². The molecule has 106 valence electrons. The molecule has 8 heteroatoms. The number of hydrogen-bond acceptors (Lipinski definition) is 5. The van der Waals surface area contributed by atoms with E-state index >= 15 is 0 Å². The molecule has 1 aromatic heterocycles. The first-order valence-electron chi connectivity index (χ1n) is 5.62. The second-order valence-electron chi connectivity index (χ2n) is 4.05. The number of aromatic nitrogens is 1. The standard InChI is InChI=1S/C11H16N2O5S/c1-8(2)18-6-7-19(16,17)13-9-4-3-5-12-10(9)11(14)15/h3-5,8,13H,6-7H2,1-2H3,(H,14,15). The van der Waals surface area contributed by atoms with E-state index < -0.39 is 16.0 Å². The van der Waals surface area contributed by atoms with Gasteiger partial charge in [-0.05, 0) is 26.0 Å². The SMILES string of the molecule is CC(C)OCCS(=O)(=O)Nc1cccnc1C(=O)O. The summed E-state index contributed by atoms with van der Waals surface area (Å²) < 4.78 is 30.8. The van der Waals surface area contributed by atoms with Gasteiger partial charge in [0.25, 0.3) is 0 Å². The zero-order valence-electron chi connectivity index (χ0n) is 10.7. The molecule has 0 saturated carbocycles. The first-order valence-corrected chi connectivity index (χ1v) is 7.27. The van der Waals surface area contributed by atoms with Crippen molar-refractivity contribution in [2.24, 2.45) is 0 Å². The Bertz CT molecular complexity index is 542. The van der Waals surface area contributed by atoms with E-state index in [1.807, 2.05) is 0 Å². The first kappa shape index (κ1) is 15.4. The highest BCUT2D eigenvalue weighted by Gasteiger charge is 2.17. The van der Waals surface area contributed by atoms with Crippen molar-refractivity contribution in [1.29, 1.82) is 0 Å². The minimum Gasteiger partial charge on any atom is -0.476 e. The molecule has 2 N–H and O–H groups in total. The molecular weight excluding hydrogens is 272 g/mol. The van der Waals surface area contributed by atoms with Crippen LogP contribution in [0.4, 0.5) is 5.69 Å². The molecule has 0 amide bonds. The highest BCUT2D eigenvalue weighted by atomic mass is 32.2. The molecule has 1 heterocycles. The fourth-order valence-corrected chi connectivity index (χ4v) is 2.19. The van der Waals surface area contributed by atoms with Crippen LogP contribution in [0.25, 0.3) is 0 Å². The summed E-state index contributed by atoms with van der Waals surface area (Å²) in [5.74, 6) is -1.55. The fourth-order valence-electron chi connectivity index (χ4n) is 1.27. The Morgan fingerprint density at radius 2 is 2.21 bits per heavy atom. The van der Waals surface area contributed by atoms with Crippen LogP contribution < -0.4 is 4.72 Å². The van der Waals surface area contributed by atoms with Crippen molar-refractivity contribution >= 4 is 21.7 Å². The largest absolute Gasteiger partial charge is 0.476 e. The molecule has 0 unspecified atom stereocenters. The fraction of sp³-hybridized carbons (Fsp3) is 0.455. The molecule has 0 atom stereocenters. The second-order valence-corrected chi connectivity index (χ2v) is 5.89. The van der Waals surface area contributed by atoms with Gasteiger partial charge in [0.2, 0.25) is 10.0 Å². The molecule has 0 saturated heterocycles. The van der Waals surface area contributed by atoms with Gasteiger partial charge in [-0.2, -0.15) is 0 Å². The number of rotatable bonds is 7. The number of pyridine rings is 1. The summed E-state index contributed by atoms with van der Waals surface area (Å²) in [7, 11) is -3.66. The summed E-state index contributed by atoms with van der Waals surface area (Å²) >= 11 is 0. The summed E-state index contributed by atoms with van der Waals surface area (Å²) in [5.41, 5.74) is -0.393. The van der Waals surface area contributed by atoms with Gasteiger partial charge < -0.3 is 9.84 Å². The number of nitrogens with zero attached hydrogens (tertiary/aromatic N) is 1. The average molecular weight is 288 g/mol. The summed E-state index contributed by atoms with van der Waals surface area (Å²) in [5, 5.41) is 8.89. The molecule has 0 fully saturated rings. The van der Waals surface area contributed by atoms with E-state index in [9.17, 15) is 13.2 Å². The Morgan fingerprint density at radius 1 is 1.53 bits per heavy atom. The topological polar surface area (TPSA) is 106 Å². The van der Waals surface area contributed by atoms with E-state index in [4.69, 9.17) is 9.84 Å². The Hall–Kier alpha value is -1.67. The van der Waals surface area contributed by atoms with Crippen molar-refractivity contribution in [3.8, 4) is 0 Å². The normalized spacial score (nSPS) is 11.5. The molecule has 0 radical (unpaired) electrons. The number of hydrogen-bond donors (Lipinski definition) is 2. The molecule has 0 aliphatic carbocycles. The van der Waals surface area contributed by atoms with Crippen LogP contribution in [-0.2, 0) is 14.8 Å². The smallest absolute Gasteiger partial charge is 0.356 e. The highest BCUT2D eigenvalue weighted by Crippen LogP contribution is 2.14. The number of nitrogens with one attached hydrogen (secondary N) is 1. The maximum atomic E-state index is 11.7. The lowest BCUT2D eigenvalue weighted by atomic mass is 10.3. The summed E-state index contributed by atoms with van der Waals surface area (Å²) in [6.45, 7) is 3.63. The van der Waals surface area contributed by atoms with Crippen LogP contribution in [0.3, 0.4) is 0 Å². The van der Waals surface area contributed by atoms with Crippen molar-refractivity contribution in [2.45, 2.75) is 20.0 Å². The minimum absolute atomic E-state index is 0.0374. The number of sulfonamides is 1. The van der Waals surface area contributed by atoms with E-state index in [0.717, 1.165) is 0 Å². The predicted octanol–water partition coefficient (Wildman–Crippen LogP) is 0.946. The van der Waals surface area contributed by atoms with Gasteiger partial charge in [-0.15, -0.1) is 0 Å². The van der Waals surface area contributed by atoms with Crippen molar-refractivity contribution in [2.75, 3.05) is 17.1 Å².